The Kier molecular flexibility index (Phi) is 4.07. The molecule has 1 unspecified atom stereocenters. The van der Waals surface area contributed by atoms with Gasteiger partial charge >= 0.3 is 0 Å². The summed E-state index contributed by atoms with van der Waals surface area (Å²) < 4.78 is 0. The molecule has 1 heteroatoms. The van der Waals surface area contributed by atoms with E-state index in [1.165, 1.54) is 32.1 Å². The zero-order valence-corrected chi connectivity index (χ0v) is 8.47. The number of hydrogen-bond donors (Lipinski definition) is 1. The first-order valence-electron chi connectivity index (χ1n) is 5.29. The molecule has 0 spiro atoms. The maximum atomic E-state index is 4.19. The Bertz CT molecular complexity index is 114. The van der Waals surface area contributed by atoms with E-state index in [2.05, 4.69) is 26.1 Å². The Morgan fingerprint density at radius 1 is 1.17 bits per heavy atom. The standard InChI is InChI=1S/C11H22N/c1-9(2)12-10(3)11-7-5-4-6-8-11/h9-12H,3-8H2,1-2H3. The van der Waals surface area contributed by atoms with Gasteiger partial charge in [-0.2, -0.15) is 0 Å². The molecule has 0 aromatic carbocycles. The Balaban J connectivity index is 2.24. The van der Waals surface area contributed by atoms with Gasteiger partial charge in [0.1, 0.15) is 0 Å². The largest absolute Gasteiger partial charge is 0.312 e. The van der Waals surface area contributed by atoms with Gasteiger partial charge in [0, 0.05) is 12.1 Å². The van der Waals surface area contributed by atoms with E-state index < -0.39 is 0 Å². The van der Waals surface area contributed by atoms with Gasteiger partial charge in [-0.1, -0.05) is 33.1 Å². The van der Waals surface area contributed by atoms with Crippen LogP contribution >= 0.6 is 0 Å². The van der Waals surface area contributed by atoms with Crippen LogP contribution in [0.3, 0.4) is 0 Å². The second-order valence-electron chi connectivity index (χ2n) is 4.33. The molecule has 0 aromatic heterocycles. The molecule has 0 saturated heterocycles. The Labute approximate surface area is 76.9 Å². The number of rotatable bonds is 3. The highest BCUT2D eigenvalue weighted by molar-refractivity contribution is 4.81. The molecule has 0 amide bonds. The van der Waals surface area contributed by atoms with E-state index in [0.29, 0.717) is 12.1 Å². The van der Waals surface area contributed by atoms with Crippen molar-refractivity contribution in [3.8, 4) is 0 Å². The fourth-order valence-electron chi connectivity index (χ4n) is 2.10. The van der Waals surface area contributed by atoms with Gasteiger partial charge in [-0.25, -0.2) is 0 Å². The minimum Gasteiger partial charge on any atom is -0.312 e. The van der Waals surface area contributed by atoms with E-state index in [0.717, 1.165) is 5.92 Å². The van der Waals surface area contributed by atoms with Crippen LogP contribution in [0.25, 0.3) is 0 Å². The van der Waals surface area contributed by atoms with Crippen molar-refractivity contribution in [2.24, 2.45) is 5.92 Å². The van der Waals surface area contributed by atoms with Crippen LogP contribution in [0.1, 0.15) is 46.0 Å². The van der Waals surface area contributed by atoms with Gasteiger partial charge in [-0.3, -0.25) is 0 Å². The second-order valence-corrected chi connectivity index (χ2v) is 4.33. The second kappa shape index (κ2) is 4.86. The summed E-state index contributed by atoms with van der Waals surface area (Å²) in [7, 11) is 0. The lowest BCUT2D eigenvalue weighted by molar-refractivity contribution is 0.288. The average Bonchev–Trinajstić information content (AvgIpc) is 2.05. The van der Waals surface area contributed by atoms with E-state index in [1.54, 1.807) is 0 Å². The third-order valence-electron chi connectivity index (χ3n) is 2.77. The maximum absolute atomic E-state index is 4.19. The lowest BCUT2D eigenvalue weighted by atomic mass is 9.84. The zero-order chi connectivity index (χ0) is 8.97. The van der Waals surface area contributed by atoms with Crippen LogP contribution in [0.15, 0.2) is 0 Å². The molecule has 1 N–H and O–H groups in total. The van der Waals surface area contributed by atoms with Gasteiger partial charge in [0.05, 0.1) is 0 Å². The SMILES string of the molecule is [CH2]C(NC(C)C)C1CCCCC1. The summed E-state index contributed by atoms with van der Waals surface area (Å²) in [5.41, 5.74) is 0. The Morgan fingerprint density at radius 3 is 2.25 bits per heavy atom. The fraction of sp³-hybridized carbons (Fsp3) is 0.909. The summed E-state index contributed by atoms with van der Waals surface area (Å²) in [5, 5.41) is 3.50. The number of nitrogens with one attached hydrogen (secondary N) is 1. The van der Waals surface area contributed by atoms with Crippen LogP contribution in [0.2, 0.25) is 0 Å². The van der Waals surface area contributed by atoms with Gasteiger partial charge in [-0.05, 0) is 25.7 Å². The highest BCUT2D eigenvalue weighted by Crippen LogP contribution is 2.26. The minimum absolute atomic E-state index is 0.477. The molecule has 0 heterocycles. The molecular formula is C11H22N. The molecule has 1 nitrogen and oxygen atoms in total. The first-order chi connectivity index (χ1) is 5.70. The van der Waals surface area contributed by atoms with Gasteiger partial charge in [0.15, 0.2) is 0 Å². The fourth-order valence-corrected chi connectivity index (χ4v) is 2.10. The molecule has 1 aliphatic carbocycles. The van der Waals surface area contributed by atoms with Crippen molar-refractivity contribution in [3.63, 3.8) is 0 Å². The monoisotopic (exact) mass is 168 g/mol. The van der Waals surface area contributed by atoms with E-state index in [-0.39, 0.29) is 0 Å². The molecule has 1 atom stereocenters. The van der Waals surface area contributed by atoms with Crippen molar-refractivity contribution >= 4 is 0 Å². The molecule has 1 radical (unpaired) electrons. The van der Waals surface area contributed by atoms with Crippen LogP contribution in [0, 0.1) is 12.8 Å². The van der Waals surface area contributed by atoms with Crippen molar-refractivity contribution in [2.45, 2.75) is 58.0 Å². The third kappa shape index (κ3) is 3.14. The highest BCUT2D eigenvalue weighted by Gasteiger charge is 2.19. The van der Waals surface area contributed by atoms with E-state index in [4.69, 9.17) is 0 Å². The van der Waals surface area contributed by atoms with Crippen molar-refractivity contribution < 1.29 is 0 Å². The minimum atomic E-state index is 0.477. The maximum Gasteiger partial charge on any atom is 0.00982 e. The molecule has 1 rings (SSSR count). The van der Waals surface area contributed by atoms with Crippen LogP contribution in [0.4, 0.5) is 0 Å². The van der Waals surface area contributed by atoms with Crippen LogP contribution < -0.4 is 5.32 Å². The molecule has 0 aliphatic heterocycles. The zero-order valence-electron chi connectivity index (χ0n) is 8.47. The van der Waals surface area contributed by atoms with Crippen molar-refractivity contribution in [2.75, 3.05) is 0 Å². The number of hydrogen-bond acceptors (Lipinski definition) is 1. The summed E-state index contributed by atoms with van der Waals surface area (Å²) in [6.07, 6.45) is 7.03. The summed E-state index contributed by atoms with van der Waals surface area (Å²) in [6.45, 7) is 8.58. The van der Waals surface area contributed by atoms with Crippen molar-refractivity contribution in [1.82, 2.24) is 5.32 Å². The van der Waals surface area contributed by atoms with Crippen LogP contribution in [-0.4, -0.2) is 12.1 Å². The van der Waals surface area contributed by atoms with Crippen molar-refractivity contribution in [3.05, 3.63) is 6.92 Å². The van der Waals surface area contributed by atoms with E-state index in [9.17, 15) is 0 Å². The third-order valence-corrected chi connectivity index (χ3v) is 2.77. The van der Waals surface area contributed by atoms with Crippen LogP contribution in [0.5, 0.6) is 0 Å². The Morgan fingerprint density at radius 2 is 1.75 bits per heavy atom. The van der Waals surface area contributed by atoms with E-state index in [1.807, 2.05) is 0 Å². The summed E-state index contributed by atoms with van der Waals surface area (Å²) >= 11 is 0. The van der Waals surface area contributed by atoms with E-state index >= 15 is 0 Å². The lowest BCUT2D eigenvalue weighted by Crippen LogP contribution is -2.39. The van der Waals surface area contributed by atoms with Gasteiger partial charge in [0.2, 0.25) is 0 Å². The molecule has 1 saturated carbocycles. The summed E-state index contributed by atoms with van der Waals surface area (Å²) in [6, 6.07) is 1.06. The molecule has 0 bridgehead atoms. The molecule has 12 heavy (non-hydrogen) atoms. The quantitative estimate of drug-likeness (QED) is 0.683. The molecule has 71 valence electrons. The van der Waals surface area contributed by atoms with Gasteiger partial charge in [-0.15, -0.1) is 0 Å². The summed E-state index contributed by atoms with van der Waals surface area (Å²) in [5.74, 6) is 0.834. The van der Waals surface area contributed by atoms with Gasteiger partial charge < -0.3 is 5.32 Å². The predicted octanol–water partition coefficient (Wildman–Crippen LogP) is 2.77. The lowest BCUT2D eigenvalue weighted by Gasteiger charge is -2.29. The first-order valence-corrected chi connectivity index (χ1v) is 5.29. The average molecular weight is 168 g/mol. The molecule has 1 aliphatic rings. The Hall–Kier alpha value is -0.0400. The molecule has 0 aromatic rings. The predicted molar refractivity (Wildman–Crippen MR) is 54.0 cm³/mol. The van der Waals surface area contributed by atoms with Crippen LogP contribution in [-0.2, 0) is 0 Å². The first kappa shape index (κ1) is 10.0. The summed E-state index contributed by atoms with van der Waals surface area (Å²) in [4.78, 5) is 0. The smallest absolute Gasteiger partial charge is 0.00982 e. The molecule has 1 fully saturated rings. The highest BCUT2D eigenvalue weighted by atomic mass is 14.9. The van der Waals surface area contributed by atoms with Crippen molar-refractivity contribution in [1.29, 1.82) is 0 Å². The normalized spacial score (nSPS) is 23.0. The topological polar surface area (TPSA) is 12.0 Å². The van der Waals surface area contributed by atoms with Gasteiger partial charge in [0.25, 0.3) is 0 Å². The molecular weight excluding hydrogens is 146 g/mol.